The topological polar surface area (TPSA) is 59.0 Å². The molecule has 2 aromatic rings. The van der Waals surface area contributed by atoms with Gasteiger partial charge in [0.05, 0.1) is 18.4 Å². The van der Waals surface area contributed by atoms with E-state index in [1.807, 2.05) is 13.8 Å². The first-order valence-corrected chi connectivity index (χ1v) is 8.56. The second kappa shape index (κ2) is 9.01. The molecule has 0 aliphatic carbocycles. The zero-order valence-electron chi connectivity index (χ0n) is 15.1. The molecule has 27 heavy (non-hydrogen) atoms. The molecule has 0 heterocycles. The van der Waals surface area contributed by atoms with Gasteiger partial charge in [0.2, 0.25) is 0 Å². The lowest BCUT2D eigenvalue weighted by atomic mass is 10.0. The Morgan fingerprint density at radius 2 is 2.04 bits per heavy atom. The number of rotatable bonds is 6. The number of halogens is 3. The third-order valence-electron chi connectivity index (χ3n) is 4.13. The van der Waals surface area contributed by atoms with Crippen molar-refractivity contribution >= 4 is 23.4 Å². The van der Waals surface area contributed by atoms with Crippen LogP contribution in [0.25, 0.3) is 0 Å². The Bertz CT molecular complexity index is 830. The maximum Gasteiger partial charge on any atom is 0.438 e. The lowest BCUT2D eigenvalue weighted by Crippen LogP contribution is -2.28. The Morgan fingerprint density at radius 3 is 2.63 bits per heavy atom. The van der Waals surface area contributed by atoms with Crippen molar-refractivity contribution in [3.63, 3.8) is 0 Å². The summed E-state index contributed by atoms with van der Waals surface area (Å²) in [7, 11) is 1.11. The molecule has 2 aromatic carbocycles. The van der Waals surface area contributed by atoms with Gasteiger partial charge in [0.15, 0.2) is 0 Å². The van der Waals surface area contributed by atoms with Gasteiger partial charge in [0, 0.05) is 10.6 Å². The first-order valence-electron chi connectivity index (χ1n) is 8.18. The van der Waals surface area contributed by atoms with Crippen molar-refractivity contribution in [3.8, 4) is 5.75 Å². The minimum atomic E-state index is -2.71. The average Bonchev–Trinajstić information content (AvgIpc) is 2.65. The van der Waals surface area contributed by atoms with E-state index >= 15 is 0 Å². The second-order valence-electron chi connectivity index (χ2n) is 5.78. The summed E-state index contributed by atoms with van der Waals surface area (Å²) in [5.41, 5.74) is 1.71. The van der Waals surface area contributed by atoms with Crippen molar-refractivity contribution in [2.24, 2.45) is 0 Å². The van der Waals surface area contributed by atoms with Crippen LogP contribution in [0.5, 0.6) is 5.75 Å². The van der Waals surface area contributed by atoms with Gasteiger partial charge >= 0.3 is 6.09 Å². The van der Waals surface area contributed by atoms with Gasteiger partial charge in [-0.15, -0.1) is 0 Å². The summed E-state index contributed by atoms with van der Waals surface area (Å²) < 4.78 is 36.9. The normalized spacial score (nSPS) is 10.8. The molecule has 0 aliphatic heterocycles. The Balaban J connectivity index is 2.37. The number of nitrogens with zero attached hydrogens (tertiary/aromatic N) is 1. The predicted molar refractivity (Wildman–Crippen MR) is 98.0 cm³/mol. The van der Waals surface area contributed by atoms with Crippen LogP contribution >= 0.6 is 11.6 Å². The summed E-state index contributed by atoms with van der Waals surface area (Å²) in [5, 5.41) is 10.5. The van der Waals surface area contributed by atoms with Crippen molar-refractivity contribution in [1.82, 2.24) is 0 Å². The zero-order valence-corrected chi connectivity index (χ0v) is 15.9. The smallest absolute Gasteiger partial charge is 0.438 e. The summed E-state index contributed by atoms with van der Waals surface area (Å²) in [6.07, 6.45) is -3.10. The molecular formula is C19H20ClF2NO4. The fourth-order valence-electron chi connectivity index (χ4n) is 2.65. The molecule has 1 N–H and O–H groups in total. The highest BCUT2D eigenvalue weighted by Crippen LogP contribution is 2.34. The van der Waals surface area contributed by atoms with Crippen LogP contribution in [0, 0.1) is 6.92 Å². The molecule has 5 nitrogen and oxygen atoms in total. The molecule has 0 saturated carbocycles. The fourth-order valence-corrected chi connectivity index (χ4v) is 2.87. The number of amides is 1. The summed E-state index contributed by atoms with van der Waals surface area (Å²) in [6.45, 7) is 3.47. The van der Waals surface area contributed by atoms with Crippen LogP contribution in [0.4, 0.5) is 19.3 Å². The summed E-state index contributed by atoms with van der Waals surface area (Å²) in [4.78, 5) is 11.6. The van der Waals surface area contributed by atoms with Crippen LogP contribution in [0.2, 0.25) is 5.02 Å². The van der Waals surface area contributed by atoms with Gasteiger partial charge in [-0.3, -0.25) is 5.21 Å². The largest absolute Gasteiger partial charge is 0.488 e. The first-order chi connectivity index (χ1) is 12.8. The Kier molecular flexibility index (Phi) is 6.98. The van der Waals surface area contributed by atoms with Gasteiger partial charge in [-0.25, -0.2) is 13.6 Å². The molecule has 1 amide bonds. The van der Waals surface area contributed by atoms with E-state index in [9.17, 15) is 18.8 Å². The van der Waals surface area contributed by atoms with Crippen LogP contribution in [0.15, 0.2) is 30.3 Å². The zero-order chi connectivity index (χ0) is 20.1. The second-order valence-corrected chi connectivity index (χ2v) is 6.19. The molecule has 0 unspecified atom stereocenters. The number of methoxy groups -OCH3 is 1. The third-order valence-corrected chi connectivity index (χ3v) is 4.48. The van der Waals surface area contributed by atoms with Crippen molar-refractivity contribution in [2.75, 3.05) is 12.2 Å². The fraction of sp³-hybridized carbons (Fsp3) is 0.316. The summed E-state index contributed by atoms with van der Waals surface area (Å²) in [6, 6.07) is 7.47. The molecule has 0 saturated heterocycles. The predicted octanol–water partition coefficient (Wildman–Crippen LogP) is 5.69. The molecule has 0 bridgehead atoms. The Labute approximate surface area is 161 Å². The lowest BCUT2D eigenvalue weighted by molar-refractivity contribution is 0.140. The maximum atomic E-state index is 13.4. The van der Waals surface area contributed by atoms with Crippen LogP contribution < -0.4 is 9.80 Å². The van der Waals surface area contributed by atoms with E-state index in [0.29, 0.717) is 6.42 Å². The van der Waals surface area contributed by atoms with Gasteiger partial charge in [0.1, 0.15) is 12.4 Å². The number of carbonyl (C=O) groups excluding carboxylic acids is 1. The van der Waals surface area contributed by atoms with Gasteiger partial charge < -0.3 is 9.47 Å². The Morgan fingerprint density at radius 1 is 1.33 bits per heavy atom. The molecule has 0 aromatic heterocycles. The van der Waals surface area contributed by atoms with E-state index < -0.39 is 12.5 Å². The number of carbonyl (C=O) groups is 1. The molecule has 0 fully saturated rings. The molecular weight excluding hydrogens is 380 g/mol. The molecule has 0 atom stereocenters. The van der Waals surface area contributed by atoms with Crippen LogP contribution in [0.1, 0.15) is 35.6 Å². The maximum absolute atomic E-state index is 13.4. The minimum Gasteiger partial charge on any atom is -0.488 e. The van der Waals surface area contributed by atoms with Crippen molar-refractivity contribution < 1.29 is 28.3 Å². The molecule has 146 valence electrons. The lowest BCUT2D eigenvalue weighted by Gasteiger charge is -2.20. The van der Waals surface area contributed by atoms with E-state index in [4.69, 9.17) is 16.3 Å². The number of benzene rings is 2. The van der Waals surface area contributed by atoms with E-state index in [2.05, 4.69) is 4.74 Å². The quantitative estimate of drug-likeness (QED) is 0.500. The van der Waals surface area contributed by atoms with Crippen LogP contribution in [0.3, 0.4) is 0 Å². The van der Waals surface area contributed by atoms with E-state index in [-0.39, 0.29) is 39.3 Å². The van der Waals surface area contributed by atoms with E-state index in [0.717, 1.165) is 18.2 Å². The van der Waals surface area contributed by atoms with Gasteiger partial charge in [-0.2, -0.15) is 5.06 Å². The molecule has 0 aliphatic rings. The molecule has 0 spiro atoms. The average molecular weight is 400 g/mol. The monoisotopic (exact) mass is 399 g/mol. The minimum absolute atomic E-state index is 0.0214. The van der Waals surface area contributed by atoms with Crippen molar-refractivity contribution in [1.29, 1.82) is 0 Å². The highest BCUT2D eigenvalue weighted by Gasteiger charge is 2.21. The number of alkyl halides is 2. The standard InChI is InChI=1S/C19H20ClF2NO4/c1-4-12-9-13(18(21)22)17(8-11(12)2)27-10-14-15(20)6-5-7-16(14)23(25)19(24)26-3/h5-9,18,25H,4,10H2,1-3H3. The first kappa shape index (κ1) is 20.9. The SMILES string of the molecule is CCc1cc(C(F)F)c(OCc2c(Cl)cccc2N(O)C(=O)OC)cc1C. The summed E-state index contributed by atoms with van der Waals surface area (Å²) >= 11 is 6.15. The van der Waals surface area contributed by atoms with Crippen LogP contribution in [-0.4, -0.2) is 18.4 Å². The Hall–Kier alpha value is -2.38. The van der Waals surface area contributed by atoms with E-state index in [1.54, 1.807) is 6.07 Å². The highest BCUT2D eigenvalue weighted by atomic mass is 35.5. The van der Waals surface area contributed by atoms with Gasteiger partial charge in [-0.1, -0.05) is 24.6 Å². The number of anilines is 1. The molecule has 2 rings (SSSR count). The number of hydroxylamine groups is 1. The van der Waals surface area contributed by atoms with Crippen molar-refractivity contribution in [3.05, 3.63) is 57.6 Å². The molecule has 0 radical (unpaired) electrons. The van der Waals surface area contributed by atoms with Gasteiger partial charge in [-0.05, 0) is 48.7 Å². The van der Waals surface area contributed by atoms with Crippen molar-refractivity contribution in [2.45, 2.75) is 33.3 Å². The molecule has 8 heteroatoms. The number of hydrogen-bond acceptors (Lipinski definition) is 4. The van der Waals surface area contributed by atoms with Crippen LogP contribution in [-0.2, 0) is 17.8 Å². The van der Waals surface area contributed by atoms with Gasteiger partial charge in [0.25, 0.3) is 6.43 Å². The third kappa shape index (κ3) is 4.67. The number of hydrogen-bond donors (Lipinski definition) is 1. The number of aryl methyl sites for hydroxylation is 2. The summed E-state index contributed by atoms with van der Waals surface area (Å²) in [5.74, 6) is 0.0214. The number of ether oxygens (including phenoxy) is 2. The van der Waals surface area contributed by atoms with E-state index in [1.165, 1.54) is 24.3 Å². The highest BCUT2D eigenvalue weighted by molar-refractivity contribution is 6.31.